The maximum absolute atomic E-state index is 5.66. The molecule has 84 valence electrons. The topological polar surface area (TPSA) is 38.0 Å². The zero-order valence-electron chi connectivity index (χ0n) is 9.09. The lowest BCUT2D eigenvalue weighted by atomic mass is 10.2. The Morgan fingerprint density at radius 1 is 1.53 bits per heavy atom. The minimum absolute atomic E-state index is 0.699. The molecule has 0 heterocycles. The number of nitrogens with one attached hydrogen (secondary N) is 1. The van der Waals surface area contributed by atoms with Crippen LogP contribution in [0.2, 0.25) is 0 Å². The number of anilines is 2. The van der Waals surface area contributed by atoms with E-state index in [1.54, 1.807) is 0 Å². The highest BCUT2D eigenvalue weighted by Crippen LogP contribution is 2.24. The van der Waals surface area contributed by atoms with Crippen molar-refractivity contribution in [3.05, 3.63) is 22.7 Å². The molecule has 0 aliphatic heterocycles. The Bertz CT molecular complexity index is 317. The number of thioether (sulfide) groups is 1. The highest BCUT2D eigenvalue weighted by atomic mass is 79.9. The molecule has 0 aliphatic carbocycles. The molecule has 1 aromatic rings. The van der Waals surface area contributed by atoms with Gasteiger partial charge in [0.1, 0.15) is 0 Å². The molecule has 1 unspecified atom stereocenters. The summed E-state index contributed by atoms with van der Waals surface area (Å²) < 4.78 is 1.03. The Morgan fingerprint density at radius 3 is 2.87 bits per heavy atom. The van der Waals surface area contributed by atoms with Crippen LogP contribution in [-0.4, -0.2) is 18.1 Å². The van der Waals surface area contributed by atoms with Crippen molar-refractivity contribution in [2.45, 2.75) is 18.6 Å². The number of benzene rings is 1. The monoisotopic (exact) mass is 288 g/mol. The molecule has 0 saturated carbocycles. The SMILES string of the molecule is CSC(C)CCNc1ccc(N)cc1Br. The van der Waals surface area contributed by atoms with E-state index in [-0.39, 0.29) is 0 Å². The molecule has 0 aliphatic rings. The molecule has 1 rings (SSSR count). The van der Waals surface area contributed by atoms with Gasteiger partial charge in [-0.15, -0.1) is 0 Å². The lowest BCUT2D eigenvalue weighted by Gasteiger charge is -2.11. The van der Waals surface area contributed by atoms with E-state index in [2.05, 4.69) is 34.4 Å². The lowest BCUT2D eigenvalue weighted by molar-refractivity contribution is 0.853. The van der Waals surface area contributed by atoms with Crippen molar-refractivity contribution in [2.24, 2.45) is 0 Å². The summed E-state index contributed by atoms with van der Waals surface area (Å²) in [7, 11) is 0. The van der Waals surface area contributed by atoms with E-state index < -0.39 is 0 Å². The minimum atomic E-state index is 0.699. The summed E-state index contributed by atoms with van der Waals surface area (Å²) in [6.07, 6.45) is 3.31. The fourth-order valence-electron chi connectivity index (χ4n) is 1.20. The summed E-state index contributed by atoms with van der Waals surface area (Å²) in [6, 6.07) is 5.83. The van der Waals surface area contributed by atoms with Crippen LogP contribution in [-0.2, 0) is 0 Å². The number of hydrogen-bond acceptors (Lipinski definition) is 3. The molecule has 0 spiro atoms. The second kappa shape index (κ2) is 6.28. The Hall–Kier alpha value is -0.350. The molecule has 4 heteroatoms. The van der Waals surface area contributed by atoms with Crippen LogP contribution in [0.5, 0.6) is 0 Å². The van der Waals surface area contributed by atoms with Gasteiger partial charge in [0.05, 0.1) is 0 Å². The standard InChI is InChI=1S/C11H17BrN2S/c1-8(15-2)5-6-14-11-4-3-9(13)7-10(11)12/h3-4,7-8,14H,5-6,13H2,1-2H3. The summed E-state index contributed by atoms with van der Waals surface area (Å²) >= 11 is 5.38. The Balaban J connectivity index is 2.44. The first-order chi connectivity index (χ1) is 7.13. The maximum atomic E-state index is 5.66. The average Bonchev–Trinajstić information content (AvgIpc) is 2.21. The van der Waals surface area contributed by atoms with Crippen molar-refractivity contribution in [1.29, 1.82) is 0 Å². The summed E-state index contributed by atoms with van der Waals surface area (Å²) in [6.45, 7) is 3.23. The van der Waals surface area contributed by atoms with Gasteiger partial charge in [-0.05, 0) is 46.8 Å². The molecule has 1 aromatic carbocycles. The van der Waals surface area contributed by atoms with Crippen LogP contribution in [0, 0.1) is 0 Å². The molecule has 0 fully saturated rings. The molecule has 15 heavy (non-hydrogen) atoms. The van der Waals surface area contributed by atoms with E-state index in [0.717, 1.165) is 28.8 Å². The maximum Gasteiger partial charge on any atom is 0.0486 e. The van der Waals surface area contributed by atoms with Crippen molar-refractivity contribution in [1.82, 2.24) is 0 Å². The molecule has 0 aromatic heterocycles. The first kappa shape index (κ1) is 12.7. The molecular formula is C11H17BrN2S. The smallest absolute Gasteiger partial charge is 0.0486 e. The van der Waals surface area contributed by atoms with Gasteiger partial charge in [-0.2, -0.15) is 11.8 Å². The second-order valence-corrected chi connectivity index (χ2v) is 5.63. The third-order valence-electron chi connectivity index (χ3n) is 2.26. The van der Waals surface area contributed by atoms with Gasteiger partial charge < -0.3 is 11.1 Å². The third kappa shape index (κ3) is 4.34. The zero-order valence-corrected chi connectivity index (χ0v) is 11.5. The van der Waals surface area contributed by atoms with Gasteiger partial charge in [0.15, 0.2) is 0 Å². The first-order valence-electron chi connectivity index (χ1n) is 4.95. The number of nitrogens with two attached hydrogens (primary N) is 1. The van der Waals surface area contributed by atoms with Gasteiger partial charge >= 0.3 is 0 Å². The Morgan fingerprint density at radius 2 is 2.27 bits per heavy atom. The van der Waals surface area contributed by atoms with Gasteiger partial charge in [-0.25, -0.2) is 0 Å². The number of halogens is 1. The van der Waals surface area contributed by atoms with Gasteiger partial charge in [-0.1, -0.05) is 6.92 Å². The quantitative estimate of drug-likeness (QED) is 0.814. The first-order valence-corrected chi connectivity index (χ1v) is 7.03. The van der Waals surface area contributed by atoms with Crippen molar-refractivity contribution in [2.75, 3.05) is 23.9 Å². The van der Waals surface area contributed by atoms with Crippen molar-refractivity contribution >= 4 is 39.1 Å². The van der Waals surface area contributed by atoms with E-state index in [0.29, 0.717) is 5.25 Å². The molecule has 0 radical (unpaired) electrons. The largest absolute Gasteiger partial charge is 0.399 e. The average molecular weight is 289 g/mol. The fraction of sp³-hybridized carbons (Fsp3) is 0.455. The van der Waals surface area contributed by atoms with E-state index in [1.807, 2.05) is 30.0 Å². The van der Waals surface area contributed by atoms with Gasteiger partial charge in [-0.3, -0.25) is 0 Å². The van der Waals surface area contributed by atoms with E-state index in [1.165, 1.54) is 0 Å². The molecule has 3 N–H and O–H groups in total. The molecule has 0 amide bonds. The minimum Gasteiger partial charge on any atom is -0.399 e. The van der Waals surface area contributed by atoms with Gasteiger partial charge in [0.2, 0.25) is 0 Å². The third-order valence-corrected chi connectivity index (χ3v) is 3.96. The fourth-order valence-corrected chi connectivity index (χ4v) is 2.09. The summed E-state index contributed by atoms with van der Waals surface area (Å²) in [5, 5.41) is 4.09. The molecular weight excluding hydrogens is 272 g/mol. The van der Waals surface area contributed by atoms with Crippen LogP contribution >= 0.6 is 27.7 Å². The van der Waals surface area contributed by atoms with Crippen LogP contribution in [0.1, 0.15) is 13.3 Å². The predicted molar refractivity (Wildman–Crippen MR) is 74.6 cm³/mol. The Kier molecular flexibility index (Phi) is 5.32. The number of nitrogen functional groups attached to an aromatic ring is 1. The normalized spacial score (nSPS) is 12.5. The van der Waals surface area contributed by atoms with E-state index >= 15 is 0 Å². The molecule has 2 nitrogen and oxygen atoms in total. The van der Waals surface area contributed by atoms with Gasteiger partial charge in [0.25, 0.3) is 0 Å². The van der Waals surface area contributed by atoms with Crippen LogP contribution in [0.3, 0.4) is 0 Å². The van der Waals surface area contributed by atoms with Crippen LogP contribution < -0.4 is 11.1 Å². The van der Waals surface area contributed by atoms with Crippen molar-refractivity contribution < 1.29 is 0 Å². The van der Waals surface area contributed by atoms with E-state index in [9.17, 15) is 0 Å². The summed E-state index contributed by atoms with van der Waals surface area (Å²) in [5.41, 5.74) is 7.56. The molecule has 1 atom stereocenters. The lowest BCUT2D eigenvalue weighted by Crippen LogP contribution is -2.08. The van der Waals surface area contributed by atoms with E-state index in [4.69, 9.17) is 5.73 Å². The Labute approximate surface area is 104 Å². The van der Waals surface area contributed by atoms with Crippen molar-refractivity contribution in [3.8, 4) is 0 Å². The van der Waals surface area contributed by atoms with Crippen LogP contribution in [0.25, 0.3) is 0 Å². The van der Waals surface area contributed by atoms with Crippen LogP contribution in [0.15, 0.2) is 22.7 Å². The molecule has 0 saturated heterocycles. The molecule has 0 bridgehead atoms. The number of hydrogen-bond donors (Lipinski definition) is 2. The summed E-state index contributed by atoms with van der Waals surface area (Å²) in [5.74, 6) is 0. The van der Waals surface area contributed by atoms with Crippen molar-refractivity contribution in [3.63, 3.8) is 0 Å². The zero-order chi connectivity index (χ0) is 11.3. The predicted octanol–water partition coefficient (Wildman–Crippen LogP) is 3.58. The van der Waals surface area contributed by atoms with Gasteiger partial charge in [0, 0.05) is 27.6 Å². The summed E-state index contributed by atoms with van der Waals surface area (Å²) in [4.78, 5) is 0. The highest BCUT2D eigenvalue weighted by molar-refractivity contribution is 9.10. The number of rotatable bonds is 5. The van der Waals surface area contributed by atoms with Crippen LogP contribution in [0.4, 0.5) is 11.4 Å². The highest BCUT2D eigenvalue weighted by Gasteiger charge is 2.01. The second-order valence-electron chi connectivity index (χ2n) is 3.50.